The zero-order valence-corrected chi connectivity index (χ0v) is 14.5. The summed E-state index contributed by atoms with van der Waals surface area (Å²) in [5, 5.41) is 2.70. The van der Waals surface area contributed by atoms with Gasteiger partial charge in [0.1, 0.15) is 5.82 Å². The van der Waals surface area contributed by atoms with E-state index in [1.54, 1.807) is 30.3 Å². The van der Waals surface area contributed by atoms with Gasteiger partial charge in [-0.15, -0.1) is 0 Å². The molecule has 1 amide bonds. The van der Waals surface area contributed by atoms with Gasteiger partial charge in [-0.25, -0.2) is 4.39 Å². The summed E-state index contributed by atoms with van der Waals surface area (Å²) in [6.45, 7) is 3.87. The van der Waals surface area contributed by atoms with Crippen molar-refractivity contribution in [3.63, 3.8) is 0 Å². The average molecular weight is 347 g/mol. The molecule has 3 rings (SSSR count). The molecule has 3 nitrogen and oxygen atoms in total. The van der Waals surface area contributed by atoms with Crippen molar-refractivity contribution in [2.75, 3.05) is 5.32 Å². The standard InChI is InChI=1S/C22H18FNO2/c1-14-6-3-11-20(15(14)2)21(25)16-7-5-10-19(13-16)24-22(26)17-8-4-9-18(23)12-17/h3-13H,1-2H3,(H,24,26). The van der Waals surface area contributed by atoms with Crippen LogP contribution >= 0.6 is 0 Å². The van der Waals surface area contributed by atoms with Gasteiger partial charge in [-0.1, -0.05) is 36.4 Å². The van der Waals surface area contributed by atoms with Crippen LogP contribution in [0.1, 0.15) is 37.4 Å². The number of rotatable bonds is 4. The predicted octanol–water partition coefficient (Wildman–Crippen LogP) is 4.93. The van der Waals surface area contributed by atoms with Crippen molar-refractivity contribution in [1.29, 1.82) is 0 Å². The quantitative estimate of drug-likeness (QED) is 0.681. The molecular weight excluding hydrogens is 329 g/mol. The molecule has 0 spiro atoms. The lowest BCUT2D eigenvalue weighted by atomic mass is 9.96. The summed E-state index contributed by atoms with van der Waals surface area (Å²) < 4.78 is 13.3. The number of halogens is 1. The van der Waals surface area contributed by atoms with E-state index in [0.29, 0.717) is 16.8 Å². The lowest BCUT2D eigenvalue weighted by Gasteiger charge is -2.10. The second kappa shape index (κ2) is 7.31. The van der Waals surface area contributed by atoms with Crippen molar-refractivity contribution in [3.8, 4) is 0 Å². The van der Waals surface area contributed by atoms with Crippen LogP contribution in [0.15, 0.2) is 66.7 Å². The van der Waals surface area contributed by atoms with Crippen molar-refractivity contribution in [2.24, 2.45) is 0 Å². The second-order valence-corrected chi connectivity index (χ2v) is 6.12. The summed E-state index contributed by atoms with van der Waals surface area (Å²) in [7, 11) is 0. The molecule has 3 aromatic rings. The Morgan fingerprint density at radius 3 is 2.31 bits per heavy atom. The predicted molar refractivity (Wildman–Crippen MR) is 100 cm³/mol. The van der Waals surface area contributed by atoms with Crippen LogP contribution < -0.4 is 5.32 Å². The van der Waals surface area contributed by atoms with Crippen molar-refractivity contribution in [3.05, 3.63) is 100 Å². The second-order valence-electron chi connectivity index (χ2n) is 6.12. The zero-order chi connectivity index (χ0) is 18.7. The minimum absolute atomic E-state index is 0.104. The van der Waals surface area contributed by atoms with E-state index in [1.165, 1.54) is 24.3 Å². The fourth-order valence-corrected chi connectivity index (χ4v) is 2.72. The van der Waals surface area contributed by atoms with E-state index in [2.05, 4.69) is 5.32 Å². The van der Waals surface area contributed by atoms with Crippen molar-refractivity contribution < 1.29 is 14.0 Å². The van der Waals surface area contributed by atoms with Gasteiger partial charge in [-0.3, -0.25) is 9.59 Å². The number of hydrogen-bond acceptors (Lipinski definition) is 2. The van der Waals surface area contributed by atoms with E-state index in [4.69, 9.17) is 0 Å². The monoisotopic (exact) mass is 347 g/mol. The zero-order valence-electron chi connectivity index (χ0n) is 14.5. The van der Waals surface area contributed by atoms with Crippen LogP contribution in [0.3, 0.4) is 0 Å². The maximum Gasteiger partial charge on any atom is 0.255 e. The molecular formula is C22H18FNO2. The van der Waals surface area contributed by atoms with Crippen LogP contribution in [0.4, 0.5) is 10.1 Å². The first-order valence-corrected chi connectivity index (χ1v) is 8.23. The molecule has 4 heteroatoms. The number of nitrogens with one attached hydrogen (secondary N) is 1. The summed E-state index contributed by atoms with van der Waals surface area (Å²) in [6, 6.07) is 17.8. The Labute approximate surface area is 151 Å². The van der Waals surface area contributed by atoms with Crippen LogP contribution in [0.5, 0.6) is 0 Å². The summed E-state index contributed by atoms with van der Waals surface area (Å²) in [6.07, 6.45) is 0. The fraction of sp³-hybridized carbons (Fsp3) is 0.0909. The Morgan fingerprint density at radius 1 is 0.846 bits per heavy atom. The van der Waals surface area contributed by atoms with Gasteiger partial charge in [-0.05, 0) is 55.3 Å². The molecule has 0 radical (unpaired) electrons. The molecule has 1 N–H and O–H groups in total. The van der Waals surface area contributed by atoms with Crippen LogP contribution in [-0.4, -0.2) is 11.7 Å². The average Bonchev–Trinajstić information content (AvgIpc) is 2.63. The number of aryl methyl sites for hydroxylation is 1. The van der Waals surface area contributed by atoms with Crippen molar-refractivity contribution in [2.45, 2.75) is 13.8 Å². The number of ketones is 1. The third-order valence-corrected chi connectivity index (χ3v) is 4.32. The normalized spacial score (nSPS) is 10.4. The van der Waals surface area contributed by atoms with Crippen LogP contribution in [0, 0.1) is 19.7 Å². The maximum atomic E-state index is 13.3. The first-order valence-electron chi connectivity index (χ1n) is 8.23. The van der Waals surface area contributed by atoms with Gasteiger partial charge in [0.15, 0.2) is 5.78 Å². The van der Waals surface area contributed by atoms with Crippen LogP contribution in [0.25, 0.3) is 0 Å². The molecule has 0 saturated carbocycles. The highest BCUT2D eigenvalue weighted by atomic mass is 19.1. The summed E-state index contributed by atoms with van der Waals surface area (Å²) in [4.78, 5) is 25.1. The van der Waals surface area contributed by atoms with Crippen molar-refractivity contribution >= 4 is 17.4 Å². The highest BCUT2D eigenvalue weighted by Gasteiger charge is 2.14. The molecule has 0 aliphatic rings. The van der Waals surface area contributed by atoms with Gasteiger partial charge in [-0.2, -0.15) is 0 Å². The lowest BCUT2D eigenvalue weighted by molar-refractivity contribution is 0.102. The smallest absolute Gasteiger partial charge is 0.255 e. The number of carbonyl (C=O) groups is 2. The van der Waals surface area contributed by atoms with Gasteiger partial charge >= 0.3 is 0 Å². The van der Waals surface area contributed by atoms with E-state index in [-0.39, 0.29) is 11.3 Å². The summed E-state index contributed by atoms with van der Waals surface area (Å²) in [5.74, 6) is -1.01. The van der Waals surface area contributed by atoms with E-state index in [0.717, 1.165) is 11.1 Å². The van der Waals surface area contributed by atoms with Crippen molar-refractivity contribution in [1.82, 2.24) is 0 Å². The molecule has 0 aromatic heterocycles. The Bertz CT molecular complexity index is 995. The summed E-state index contributed by atoms with van der Waals surface area (Å²) >= 11 is 0. The van der Waals surface area contributed by atoms with Gasteiger partial charge in [0, 0.05) is 22.4 Å². The van der Waals surface area contributed by atoms with Gasteiger partial charge in [0.2, 0.25) is 0 Å². The van der Waals surface area contributed by atoms with Gasteiger partial charge in [0.05, 0.1) is 0 Å². The molecule has 0 bridgehead atoms. The Kier molecular flexibility index (Phi) is 4.94. The van der Waals surface area contributed by atoms with E-state index in [1.807, 2.05) is 26.0 Å². The minimum atomic E-state index is -0.475. The number of hydrogen-bond donors (Lipinski definition) is 1. The topological polar surface area (TPSA) is 46.2 Å². The SMILES string of the molecule is Cc1cccc(C(=O)c2cccc(NC(=O)c3cccc(F)c3)c2)c1C. The molecule has 130 valence electrons. The summed E-state index contributed by atoms with van der Waals surface area (Å²) in [5.41, 5.74) is 3.80. The third kappa shape index (κ3) is 3.70. The Hall–Kier alpha value is -3.27. The number of carbonyl (C=O) groups excluding carboxylic acids is 2. The Balaban J connectivity index is 1.85. The highest BCUT2D eigenvalue weighted by Crippen LogP contribution is 2.20. The highest BCUT2D eigenvalue weighted by molar-refractivity contribution is 6.11. The van der Waals surface area contributed by atoms with Crippen LogP contribution in [0.2, 0.25) is 0 Å². The molecule has 0 saturated heterocycles. The van der Waals surface area contributed by atoms with Gasteiger partial charge < -0.3 is 5.32 Å². The number of anilines is 1. The van der Waals surface area contributed by atoms with E-state index < -0.39 is 11.7 Å². The van der Waals surface area contributed by atoms with E-state index in [9.17, 15) is 14.0 Å². The lowest BCUT2D eigenvalue weighted by Crippen LogP contribution is -2.13. The first kappa shape index (κ1) is 17.5. The number of benzene rings is 3. The third-order valence-electron chi connectivity index (χ3n) is 4.32. The molecule has 0 fully saturated rings. The maximum absolute atomic E-state index is 13.3. The van der Waals surface area contributed by atoms with Gasteiger partial charge in [0.25, 0.3) is 5.91 Å². The molecule has 3 aromatic carbocycles. The molecule has 0 atom stereocenters. The largest absolute Gasteiger partial charge is 0.322 e. The Morgan fingerprint density at radius 2 is 1.54 bits per heavy atom. The number of amides is 1. The molecule has 0 heterocycles. The molecule has 0 aliphatic carbocycles. The minimum Gasteiger partial charge on any atom is -0.322 e. The van der Waals surface area contributed by atoms with Crippen LogP contribution in [-0.2, 0) is 0 Å². The van der Waals surface area contributed by atoms with E-state index >= 15 is 0 Å². The molecule has 26 heavy (non-hydrogen) atoms. The molecule has 0 aliphatic heterocycles. The molecule has 0 unspecified atom stereocenters. The fourth-order valence-electron chi connectivity index (χ4n) is 2.72. The first-order chi connectivity index (χ1) is 12.5.